The lowest BCUT2D eigenvalue weighted by Crippen LogP contribution is -2.41. The smallest absolute Gasteiger partial charge is 0.272 e. The van der Waals surface area contributed by atoms with Crippen molar-refractivity contribution in [2.24, 2.45) is 0 Å². The summed E-state index contributed by atoms with van der Waals surface area (Å²) in [5.41, 5.74) is 0.552. The monoisotopic (exact) mass is 261 g/mol. The summed E-state index contributed by atoms with van der Waals surface area (Å²) < 4.78 is 0. The number of nitrogens with zero attached hydrogens (tertiary/aromatic N) is 2. The zero-order valence-corrected chi connectivity index (χ0v) is 11.6. The van der Waals surface area contributed by atoms with E-state index in [0.717, 1.165) is 38.9 Å². The van der Waals surface area contributed by atoms with Crippen molar-refractivity contribution in [2.75, 3.05) is 19.6 Å². The number of pyridine rings is 1. The SMILES string of the molecule is CCCCN(CC1CCCN1)C(=O)c1ccccn1. The Labute approximate surface area is 115 Å². The minimum Gasteiger partial charge on any atom is -0.336 e. The highest BCUT2D eigenvalue weighted by molar-refractivity contribution is 5.92. The van der Waals surface area contributed by atoms with Gasteiger partial charge < -0.3 is 10.2 Å². The average Bonchev–Trinajstić information content (AvgIpc) is 2.96. The van der Waals surface area contributed by atoms with Crippen molar-refractivity contribution < 1.29 is 4.79 Å². The van der Waals surface area contributed by atoms with E-state index in [1.807, 2.05) is 17.0 Å². The van der Waals surface area contributed by atoms with Crippen LogP contribution in [-0.4, -0.2) is 41.5 Å². The summed E-state index contributed by atoms with van der Waals surface area (Å²) in [6.07, 6.45) is 6.20. The number of hydrogen-bond acceptors (Lipinski definition) is 3. The van der Waals surface area contributed by atoms with Crippen LogP contribution in [0.1, 0.15) is 43.1 Å². The molecule has 0 spiro atoms. The third-order valence-electron chi connectivity index (χ3n) is 3.56. The molecule has 0 bridgehead atoms. The quantitative estimate of drug-likeness (QED) is 0.852. The van der Waals surface area contributed by atoms with Gasteiger partial charge in [0.1, 0.15) is 5.69 Å². The first kappa shape index (κ1) is 14.0. The third kappa shape index (κ3) is 4.03. The van der Waals surface area contributed by atoms with Gasteiger partial charge in [0.25, 0.3) is 5.91 Å². The molecule has 1 atom stereocenters. The van der Waals surface area contributed by atoms with E-state index in [2.05, 4.69) is 17.2 Å². The molecule has 1 aromatic heterocycles. The molecule has 104 valence electrons. The van der Waals surface area contributed by atoms with Gasteiger partial charge in [-0.05, 0) is 37.9 Å². The van der Waals surface area contributed by atoms with Crippen LogP contribution in [0.4, 0.5) is 0 Å². The fourth-order valence-corrected chi connectivity index (χ4v) is 2.45. The Morgan fingerprint density at radius 1 is 1.53 bits per heavy atom. The first-order valence-corrected chi connectivity index (χ1v) is 7.25. The molecular formula is C15H23N3O. The predicted octanol–water partition coefficient (Wildman–Crippen LogP) is 2.08. The van der Waals surface area contributed by atoms with Crippen molar-refractivity contribution in [1.82, 2.24) is 15.2 Å². The molecule has 1 saturated heterocycles. The van der Waals surface area contributed by atoms with Crippen molar-refractivity contribution in [3.63, 3.8) is 0 Å². The Balaban J connectivity index is 2.01. The van der Waals surface area contributed by atoms with Gasteiger partial charge in [0.15, 0.2) is 0 Å². The normalized spacial score (nSPS) is 18.5. The van der Waals surface area contributed by atoms with Crippen LogP contribution < -0.4 is 5.32 Å². The minimum absolute atomic E-state index is 0.0581. The average molecular weight is 261 g/mol. The van der Waals surface area contributed by atoms with Crippen molar-refractivity contribution in [2.45, 2.75) is 38.6 Å². The maximum Gasteiger partial charge on any atom is 0.272 e. The van der Waals surface area contributed by atoms with Gasteiger partial charge in [-0.3, -0.25) is 9.78 Å². The van der Waals surface area contributed by atoms with E-state index in [1.165, 1.54) is 6.42 Å². The number of carbonyl (C=O) groups excluding carboxylic acids is 1. The highest BCUT2D eigenvalue weighted by Crippen LogP contribution is 2.10. The molecule has 4 heteroatoms. The largest absolute Gasteiger partial charge is 0.336 e. The Bertz CT molecular complexity index is 388. The Morgan fingerprint density at radius 2 is 2.42 bits per heavy atom. The predicted molar refractivity (Wildman–Crippen MR) is 76.1 cm³/mol. The van der Waals surface area contributed by atoms with Crippen LogP contribution in [0.2, 0.25) is 0 Å². The number of nitrogens with one attached hydrogen (secondary N) is 1. The van der Waals surface area contributed by atoms with Gasteiger partial charge in [0.05, 0.1) is 0 Å². The summed E-state index contributed by atoms with van der Waals surface area (Å²) in [7, 11) is 0. The lowest BCUT2D eigenvalue weighted by Gasteiger charge is -2.25. The zero-order chi connectivity index (χ0) is 13.5. The molecule has 0 radical (unpaired) electrons. The van der Waals surface area contributed by atoms with E-state index in [-0.39, 0.29) is 5.91 Å². The lowest BCUT2D eigenvalue weighted by atomic mass is 10.2. The summed E-state index contributed by atoms with van der Waals surface area (Å²) in [4.78, 5) is 18.6. The van der Waals surface area contributed by atoms with Crippen molar-refractivity contribution in [1.29, 1.82) is 0 Å². The standard InChI is InChI=1S/C15H23N3O/c1-2-3-11-18(12-13-7-6-10-16-13)15(19)14-8-4-5-9-17-14/h4-5,8-9,13,16H,2-3,6-7,10-12H2,1H3. The van der Waals surface area contributed by atoms with Gasteiger partial charge in [-0.2, -0.15) is 0 Å². The van der Waals surface area contributed by atoms with Crippen LogP contribution in [0.15, 0.2) is 24.4 Å². The van der Waals surface area contributed by atoms with Crippen LogP contribution in [0.3, 0.4) is 0 Å². The fourth-order valence-electron chi connectivity index (χ4n) is 2.45. The number of amides is 1. The number of hydrogen-bond donors (Lipinski definition) is 1. The lowest BCUT2D eigenvalue weighted by molar-refractivity contribution is 0.0733. The van der Waals surface area contributed by atoms with Crippen LogP contribution in [0.25, 0.3) is 0 Å². The molecule has 1 aromatic rings. The van der Waals surface area contributed by atoms with Crippen LogP contribution in [0.5, 0.6) is 0 Å². The van der Waals surface area contributed by atoms with Gasteiger partial charge in [-0.1, -0.05) is 19.4 Å². The van der Waals surface area contributed by atoms with Crippen molar-refractivity contribution in [3.8, 4) is 0 Å². The summed E-state index contributed by atoms with van der Waals surface area (Å²) in [6, 6.07) is 5.95. The van der Waals surface area contributed by atoms with E-state index < -0.39 is 0 Å². The summed E-state index contributed by atoms with van der Waals surface area (Å²) in [6.45, 7) is 4.85. The van der Waals surface area contributed by atoms with E-state index in [1.54, 1.807) is 12.3 Å². The summed E-state index contributed by atoms with van der Waals surface area (Å²) >= 11 is 0. The van der Waals surface area contributed by atoms with E-state index >= 15 is 0 Å². The molecule has 0 aliphatic carbocycles. The van der Waals surface area contributed by atoms with Gasteiger partial charge in [-0.15, -0.1) is 0 Å². The second-order valence-corrected chi connectivity index (χ2v) is 5.11. The fraction of sp³-hybridized carbons (Fsp3) is 0.600. The number of aromatic nitrogens is 1. The van der Waals surface area contributed by atoms with Crippen LogP contribution in [-0.2, 0) is 0 Å². The van der Waals surface area contributed by atoms with Gasteiger partial charge >= 0.3 is 0 Å². The summed E-state index contributed by atoms with van der Waals surface area (Å²) in [5.74, 6) is 0.0581. The van der Waals surface area contributed by atoms with E-state index in [9.17, 15) is 4.79 Å². The Kier molecular flexibility index (Phi) is 5.33. The molecule has 19 heavy (non-hydrogen) atoms. The van der Waals surface area contributed by atoms with Crippen molar-refractivity contribution in [3.05, 3.63) is 30.1 Å². The Hall–Kier alpha value is -1.42. The molecule has 0 saturated carbocycles. The molecule has 1 N–H and O–H groups in total. The maximum absolute atomic E-state index is 12.5. The second-order valence-electron chi connectivity index (χ2n) is 5.11. The molecule has 4 nitrogen and oxygen atoms in total. The molecule has 1 aliphatic rings. The minimum atomic E-state index is 0.0581. The third-order valence-corrected chi connectivity index (χ3v) is 3.56. The molecular weight excluding hydrogens is 238 g/mol. The molecule has 1 fully saturated rings. The number of rotatable bonds is 6. The van der Waals surface area contributed by atoms with Gasteiger partial charge in [0.2, 0.25) is 0 Å². The highest BCUT2D eigenvalue weighted by atomic mass is 16.2. The zero-order valence-electron chi connectivity index (χ0n) is 11.6. The summed E-state index contributed by atoms with van der Waals surface area (Å²) in [5, 5.41) is 3.46. The molecule has 1 unspecified atom stereocenters. The Morgan fingerprint density at radius 3 is 3.05 bits per heavy atom. The molecule has 1 amide bonds. The number of carbonyl (C=O) groups is 1. The number of unbranched alkanes of at least 4 members (excludes halogenated alkanes) is 1. The maximum atomic E-state index is 12.5. The molecule has 2 heterocycles. The first-order valence-electron chi connectivity index (χ1n) is 7.25. The van der Waals surface area contributed by atoms with Crippen LogP contribution >= 0.6 is 0 Å². The van der Waals surface area contributed by atoms with Crippen molar-refractivity contribution >= 4 is 5.91 Å². The van der Waals surface area contributed by atoms with E-state index in [4.69, 9.17) is 0 Å². The first-order chi connectivity index (χ1) is 9.31. The second kappa shape index (κ2) is 7.24. The highest BCUT2D eigenvalue weighted by Gasteiger charge is 2.22. The molecule has 2 rings (SSSR count). The molecule has 1 aliphatic heterocycles. The molecule has 0 aromatic carbocycles. The topological polar surface area (TPSA) is 45.2 Å². The van der Waals surface area contributed by atoms with Gasteiger partial charge in [-0.25, -0.2) is 0 Å². The van der Waals surface area contributed by atoms with Crippen LogP contribution in [0, 0.1) is 0 Å². The van der Waals surface area contributed by atoms with Gasteiger partial charge in [0, 0.05) is 25.3 Å². The van der Waals surface area contributed by atoms with E-state index in [0.29, 0.717) is 11.7 Å².